The van der Waals surface area contributed by atoms with Crippen molar-refractivity contribution in [3.63, 3.8) is 0 Å². The molecule has 1 fully saturated rings. The van der Waals surface area contributed by atoms with Crippen molar-refractivity contribution >= 4 is 11.9 Å². The molecule has 0 heterocycles. The van der Waals surface area contributed by atoms with Gasteiger partial charge in [0.25, 0.3) is 5.91 Å². The highest BCUT2D eigenvalue weighted by atomic mass is 16.5. The van der Waals surface area contributed by atoms with Crippen molar-refractivity contribution in [1.29, 1.82) is 0 Å². The average Bonchev–Trinajstić information content (AvgIpc) is 3.07. The number of ether oxygens (including phenoxy) is 3. The lowest BCUT2D eigenvalue weighted by molar-refractivity contribution is -0.129. The van der Waals surface area contributed by atoms with E-state index >= 15 is 0 Å². The lowest BCUT2D eigenvalue weighted by atomic mass is 10.2. The number of carbonyl (C=O) groups excluding carboxylic acids is 2. The van der Waals surface area contributed by atoms with Gasteiger partial charge in [0.1, 0.15) is 0 Å². The third-order valence-electron chi connectivity index (χ3n) is 4.05. The van der Waals surface area contributed by atoms with Gasteiger partial charge in [-0.3, -0.25) is 4.79 Å². The Kier molecular flexibility index (Phi) is 6.46. The molecule has 0 aliphatic heterocycles. The summed E-state index contributed by atoms with van der Waals surface area (Å²) in [6.07, 6.45) is 3.40. The summed E-state index contributed by atoms with van der Waals surface area (Å²) in [7, 11) is 1.53. The average molecular weight is 335 g/mol. The topological polar surface area (TPSA) is 73.9 Å². The summed E-state index contributed by atoms with van der Waals surface area (Å²) in [4.78, 5) is 24.4. The maximum atomic E-state index is 12.3. The molecule has 2 rings (SSSR count). The molecule has 0 bridgehead atoms. The zero-order chi connectivity index (χ0) is 17.5. The number of hydrogen-bond acceptors (Lipinski definition) is 5. The van der Waals surface area contributed by atoms with Crippen LogP contribution >= 0.6 is 0 Å². The van der Waals surface area contributed by atoms with Crippen molar-refractivity contribution in [2.24, 2.45) is 0 Å². The molecule has 0 saturated heterocycles. The number of nitrogens with one attached hydrogen (secondary N) is 1. The second-order valence-corrected chi connectivity index (χ2v) is 5.84. The van der Waals surface area contributed by atoms with E-state index in [2.05, 4.69) is 5.32 Å². The van der Waals surface area contributed by atoms with Crippen LogP contribution in [0, 0.1) is 0 Å². The Balaban J connectivity index is 1.97. The van der Waals surface area contributed by atoms with Crippen LogP contribution in [0.15, 0.2) is 18.2 Å². The van der Waals surface area contributed by atoms with Gasteiger partial charge in [0.05, 0.1) is 19.3 Å². The summed E-state index contributed by atoms with van der Waals surface area (Å²) in [5, 5.41) is 2.92. The quantitative estimate of drug-likeness (QED) is 0.776. The first-order valence-corrected chi connectivity index (χ1v) is 8.37. The first-order chi connectivity index (χ1) is 11.5. The van der Waals surface area contributed by atoms with Gasteiger partial charge in [-0.2, -0.15) is 0 Å². The summed E-state index contributed by atoms with van der Waals surface area (Å²) in [5.41, 5.74) is 0.319. The molecular formula is C18H25NO5. The Morgan fingerprint density at radius 3 is 2.58 bits per heavy atom. The highest BCUT2D eigenvalue weighted by molar-refractivity contribution is 5.92. The number of hydrogen-bond donors (Lipinski definition) is 1. The van der Waals surface area contributed by atoms with Crippen LogP contribution in [0.3, 0.4) is 0 Å². The number of methoxy groups -OCH3 is 1. The van der Waals surface area contributed by atoms with Crippen LogP contribution in [-0.4, -0.2) is 37.7 Å². The molecule has 1 aromatic rings. The maximum Gasteiger partial charge on any atom is 0.339 e. The number of rotatable bonds is 7. The molecule has 1 unspecified atom stereocenters. The van der Waals surface area contributed by atoms with Crippen molar-refractivity contribution in [2.45, 2.75) is 51.7 Å². The third kappa shape index (κ3) is 4.63. The molecule has 0 radical (unpaired) electrons. The molecule has 132 valence electrons. The number of esters is 1. The van der Waals surface area contributed by atoms with Crippen LogP contribution in [0.1, 0.15) is 49.9 Å². The lowest BCUT2D eigenvalue weighted by Crippen LogP contribution is -2.40. The Morgan fingerprint density at radius 2 is 1.96 bits per heavy atom. The minimum Gasteiger partial charge on any atom is -0.493 e. The summed E-state index contributed by atoms with van der Waals surface area (Å²) >= 11 is 0. The molecule has 1 saturated carbocycles. The van der Waals surface area contributed by atoms with E-state index in [9.17, 15) is 9.59 Å². The van der Waals surface area contributed by atoms with Crippen molar-refractivity contribution in [1.82, 2.24) is 5.32 Å². The minimum atomic E-state index is -0.837. The van der Waals surface area contributed by atoms with Crippen LogP contribution in [0.2, 0.25) is 0 Å². The van der Waals surface area contributed by atoms with Gasteiger partial charge in [-0.25, -0.2) is 4.79 Å². The van der Waals surface area contributed by atoms with E-state index in [1.165, 1.54) is 7.11 Å². The Bertz CT molecular complexity index is 581. The zero-order valence-electron chi connectivity index (χ0n) is 14.5. The predicted molar refractivity (Wildman–Crippen MR) is 89.4 cm³/mol. The van der Waals surface area contributed by atoms with Crippen LogP contribution in [0.5, 0.6) is 11.5 Å². The second-order valence-electron chi connectivity index (χ2n) is 5.84. The van der Waals surface area contributed by atoms with Gasteiger partial charge in [0.15, 0.2) is 17.6 Å². The molecule has 1 aromatic carbocycles. The summed E-state index contributed by atoms with van der Waals surface area (Å²) in [6.45, 7) is 3.88. The van der Waals surface area contributed by atoms with Gasteiger partial charge in [0, 0.05) is 6.04 Å². The fraction of sp³-hybridized carbons (Fsp3) is 0.556. The van der Waals surface area contributed by atoms with E-state index in [4.69, 9.17) is 14.2 Å². The molecule has 24 heavy (non-hydrogen) atoms. The third-order valence-corrected chi connectivity index (χ3v) is 4.05. The fourth-order valence-electron chi connectivity index (χ4n) is 2.74. The Labute approximate surface area is 142 Å². The first kappa shape index (κ1) is 18.1. The van der Waals surface area contributed by atoms with Crippen LogP contribution in [-0.2, 0) is 9.53 Å². The molecule has 0 aromatic heterocycles. The van der Waals surface area contributed by atoms with Gasteiger partial charge in [0.2, 0.25) is 0 Å². The van der Waals surface area contributed by atoms with Crippen molar-refractivity contribution in [2.75, 3.05) is 13.7 Å². The molecule has 1 aliphatic rings. The van der Waals surface area contributed by atoms with E-state index < -0.39 is 12.1 Å². The van der Waals surface area contributed by atoms with Crippen LogP contribution in [0.4, 0.5) is 0 Å². The summed E-state index contributed by atoms with van der Waals surface area (Å²) in [6, 6.07) is 4.99. The monoisotopic (exact) mass is 335 g/mol. The first-order valence-electron chi connectivity index (χ1n) is 8.37. The normalized spacial score (nSPS) is 15.6. The number of benzene rings is 1. The zero-order valence-corrected chi connectivity index (χ0v) is 14.5. The molecular weight excluding hydrogens is 310 g/mol. The Hall–Kier alpha value is -2.24. The molecule has 6 nitrogen and oxygen atoms in total. The smallest absolute Gasteiger partial charge is 0.339 e. The van der Waals surface area contributed by atoms with Gasteiger partial charge >= 0.3 is 5.97 Å². The molecule has 1 N–H and O–H groups in total. The van der Waals surface area contributed by atoms with E-state index in [1.807, 2.05) is 6.92 Å². The summed E-state index contributed by atoms with van der Waals surface area (Å²) in [5.74, 6) is 0.194. The lowest BCUT2D eigenvalue weighted by Gasteiger charge is -2.17. The largest absolute Gasteiger partial charge is 0.493 e. The molecule has 1 atom stereocenters. The van der Waals surface area contributed by atoms with E-state index in [0.29, 0.717) is 23.7 Å². The van der Waals surface area contributed by atoms with Crippen LogP contribution < -0.4 is 14.8 Å². The SMILES string of the molecule is CCOc1cc(C(=O)OC(C)C(=O)NC2CCCC2)ccc1OC. The van der Waals surface area contributed by atoms with Gasteiger partial charge in [-0.15, -0.1) is 0 Å². The van der Waals surface area contributed by atoms with E-state index in [-0.39, 0.29) is 11.9 Å². The van der Waals surface area contributed by atoms with Crippen LogP contribution in [0.25, 0.3) is 0 Å². The van der Waals surface area contributed by atoms with Crippen molar-refractivity contribution in [3.05, 3.63) is 23.8 Å². The highest BCUT2D eigenvalue weighted by Crippen LogP contribution is 2.28. The highest BCUT2D eigenvalue weighted by Gasteiger charge is 2.24. The second kappa shape index (κ2) is 8.57. The molecule has 0 spiro atoms. The standard InChI is InChI=1S/C18H25NO5/c1-4-23-16-11-13(9-10-15(16)22-3)18(21)24-12(2)17(20)19-14-7-5-6-8-14/h9-12,14H,4-8H2,1-3H3,(H,19,20). The van der Waals surface area contributed by atoms with Gasteiger partial charge in [-0.05, 0) is 44.9 Å². The van der Waals surface area contributed by atoms with Crippen molar-refractivity contribution < 1.29 is 23.8 Å². The van der Waals surface area contributed by atoms with Crippen molar-refractivity contribution in [3.8, 4) is 11.5 Å². The predicted octanol–water partition coefficient (Wildman–Crippen LogP) is 2.70. The minimum absolute atomic E-state index is 0.198. The van der Waals surface area contributed by atoms with Gasteiger partial charge < -0.3 is 19.5 Å². The van der Waals surface area contributed by atoms with E-state index in [1.54, 1.807) is 25.1 Å². The maximum absolute atomic E-state index is 12.3. The number of amides is 1. The van der Waals surface area contributed by atoms with E-state index in [0.717, 1.165) is 25.7 Å². The fourth-order valence-corrected chi connectivity index (χ4v) is 2.74. The van der Waals surface area contributed by atoms with Gasteiger partial charge in [-0.1, -0.05) is 12.8 Å². The molecule has 6 heteroatoms. The summed E-state index contributed by atoms with van der Waals surface area (Å²) < 4.78 is 15.9. The molecule has 1 amide bonds. The number of carbonyl (C=O) groups is 2. The Morgan fingerprint density at radius 1 is 1.25 bits per heavy atom. The molecule has 1 aliphatic carbocycles.